The van der Waals surface area contributed by atoms with E-state index < -0.39 is 17.4 Å². The van der Waals surface area contributed by atoms with E-state index >= 15 is 0 Å². The predicted molar refractivity (Wildman–Crippen MR) is 85.5 cm³/mol. The third kappa shape index (κ3) is 2.50. The highest BCUT2D eigenvalue weighted by atomic mass is 16.4. The molecule has 6 heteroatoms. The van der Waals surface area contributed by atoms with Crippen molar-refractivity contribution >= 4 is 22.8 Å². The summed E-state index contributed by atoms with van der Waals surface area (Å²) in [5.41, 5.74) is -0.666. The number of pyridine rings is 1. The number of aromatic nitrogens is 1. The molecule has 2 N–H and O–H groups in total. The molecule has 1 fully saturated rings. The Balaban J connectivity index is 2.07. The summed E-state index contributed by atoms with van der Waals surface area (Å²) in [4.78, 5) is 36.3. The number of carbonyl (C=O) groups excluding carboxylic acids is 1. The van der Waals surface area contributed by atoms with Gasteiger partial charge in [0, 0.05) is 18.5 Å². The lowest BCUT2D eigenvalue weighted by Gasteiger charge is -2.25. The van der Waals surface area contributed by atoms with Crippen molar-refractivity contribution < 1.29 is 14.7 Å². The van der Waals surface area contributed by atoms with Crippen molar-refractivity contribution in [1.29, 1.82) is 0 Å². The predicted octanol–water partition coefficient (Wildman–Crippen LogP) is 1.67. The van der Waals surface area contributed by atoms with E-state index in [9.17, 15) is 19.5 Å². The van der Waals surface area contributed by atoms with Crippen LogP contribution in [-0.2, 0) is 11.8 Å². The van der Waals surface area contributed by atoms with E-state index in [4.69, 9.17) is 0 Å². The Hall–Kier alpha value is -2.63. The standard InChI is InChI=1S/C17H18N2O4/c1-19-13-7-3-2-6-11(13)12(10-14(19)20)15(21)18-17(16(22)23)8-4-5-9-17/h2-3,6-7,10H,4-5,8-9H2,1H3,(H,18,21)(H,22,23). The number of aliphatic carboxylic acids is 1. The van der Waals surface area contributed by atoms with E-state index in [1.807, 2.05) is 0 Å². The normalized spacial score (nSPS) is 16.4. The first-order valence-electron chi connectivity index (χ1n) is 7.59. The van der Waals surface area contributed by atoms with Crippen LogP contribution in [0.15, 0.2) is 35.1 Å². The molecule has 0 saturated heterocycles. The number of rotatable bonds is 3. The molecular formula is C17H18N2O4. The van der Waals surface area contributed by atoms with Crippen LogP contribution < -0.4 is 10.9 Å². The van der Waals surface area contributed by atoms with Crippen LogP contribution in [-0.4, -0.2) is 27.1 Å². The minimum Gasteiger partial charge on any atom is -0.480 e. The summed E-state index contributed by atoms with van der Waals surface area (Å²) in [6.07, 6.45) is 2.36. The van der Waals surface area contributed by atoms with Crippen LogP contribution in [0.5, 0.6) is 0 Å². The summed E-state index contributed by atoms with van der Waals surface area (Å²) in [7, 11) is 1.64. The fourth-order valence-corrected chi connectivity index (χ4v) is 3.25. The molecule has 1 aliphatic rings. The molecule has 1 heterocycles. The van der Waals surface area contributed by atoms with Gasteiger partial charge in [0.2, 0.25) is 0 Å². The molecule has 1 saturated carbocycles. The second-order valence-corrected chi connectivity index (χ2v) is 6.02. The van der Waals surface area contributed by atoms with Gasteiger partial charge < -0.3 is 15.0 Å². The van der Waals surface area contributed by atoms with Gasteiger partial charge in [-0.05, 0) is 18.9 Å². The van der Waals surface area contributed by atoms with Crippen molar-refractivity contribution in [3.63, 3.8) is 0 Å². The fourth-order valence-electron chi connectivity index (χ4n) is 3.25. The van der Waals surface area contributed by atoms with Crippen LogP contribution in [0, 0.1) is 0 Å². The topological polar surface area (TPSA) is 88.4 Å². The summed E-state index contributed by atoms with van der Waals surface area (Å²) >= 11 is 0. The van der Waals surface area contributed by atoms with Crippen LogP contribution in [0.25, 0.3) is 10.9 Å². The molecule has 1 aromatic carbocycles. The Kier molecular flexibility index (Phi) is 3.67. The molecule has 3 rings (SSSR count). The Morgan fingerprint density at radius 1 is 1.22 bits per heavy atom. The zero-order chi connectivity index (χ0) is 16.6. The van der Waals surface area contributed by atoms with Gasteiger partial charge in [0.1, 0.15) is 5.54 Å². The van der Waals surface area contributed by atoms with Crippen LogP contribution in [0.4, 0.5) is 0 Å². The quantitative estimate of drug-likeness (QED) is 0.902. The van der Waals surface area contributed by atoms with Gasteiger partial charge in [0.15, 0.2) is 0 Å². The van der Waals surface area contributed by atoms with E-state index in [0.717, 1.165) is 12.8 Å². The van der Waals surface area contributed by atoms with Crippen LogP contribution in [0.1, 0.15) is 36.0 Å². The second kappa shape index (κ2) is 5.53. The average molecular weight is 314 g/mol. The maximum absolute atomic E-state index is 12.7. The number of aryl methyl sites for hydroxylation is 1. The molecule has 0 aliphatic heterocycles. The second-order valence-electron chi connectivity index (χ2n) is 6.02. The maximum Gasteiger partial charge on any atom is 0.329 e. The lowest BCUT2D eigenvalue weighted by atomic mass is 9.96. The highest BCUT2D eigenvalue weighted by Gasteiger charge is 2.42. The zero-order valence-electron chi connectivity index (χ0n) is 12.8. The average Bonchev–Trinajstić information content (AvgIpc) is 3.00. The molecule has 120 valence electrons. The molecule has 2 aromatic rings. The Bertz CT molecular complexity index is 847. The van der Waals surface area contributed by atoms with E-state index in [1.165, 1.54) is 10.6 Å². The van der Waals surface area contributed by atoms with Gasteiger partial charge in [0.05, 0.1) is 11.1 Å². The molecule has 23 heavy (non-hydrogen) atoms. The van der Waals surface area contributed by atoms with E-state index in [2.05, 4.69) is 5.32 Å². The number of carbonyl (C=O) groups is 2. The number of nitrogens with zero attached hydrogens (tertiary/aromatic N) is 1. The summed E-state index contributed by atoms with van der Waals surface area (Å²) in [5, 5.41) is 12.8. The largest absolute Gasteiger partial charge is 0.480 e. The van der Waals surface area contributed by atoms with Crippen LogP contribution in [0.3, 0.4) is 0 Å². The lowest BCUT2D eigenvalue weighted by molar-refractivity contribution is -0.144. The molecule has 0 spiro atoms. The number of carboxylic acids is 1. The molecule has 1 amide bonds. The number of benzene rings is 1. The first-order chi connectivity index (χ1) is 10.9. The molecule has 0 bridgehead atoms. The van der Waals surface area contributed by atoms with Gasteiger partial charge in [0.25, 0.3) is 11.5 Å². The monoisotopic (exact) mass is 314 g/mol. The van der Waals surface area contributed by atoms with Crippen molar-refractivity contribution in [3.8, 4) is 0 Å². The third-order valence-electron chi connectivity index (χ3n) is 4.62. The number of carboxylic acid groups (broad SMARTS) is 1. The minimum absolute atomic E-state index is 0.219. The number of fused-ring (bicyclic) bond motifs is 1. The molecule has 1 aliphatic carbocycles. The van der Waals surface area contributed by atoms with Gasteiger partial charge in [-0.3, -0.25) is 9.59 Å². The Labute approximate surface area is 132 Å². The SMILES string of the molecule is Cn1c(=O)cc(C(=O)NC2(C(=O)O)CCCC2)c2ccccc21. The number of para-hydroxylation sites is 1. The molecular weight excluding hydrogens is 296 g/mol. The van der Waals surface area contributed by atoms with Crippen molar-refractivity contribution in [2.75, 3.05) is 0 Å². The molecule has 0 atom stereocenters. The van der Waals surface area contributed by atoms with E-state index in [-0.39, 0.29) is 11.1 Å². The van der Waals surface area contributed by atoms with Crippen LogP contribution in [0.2, 0.25) is 0 Å². The molecule has 0 unspecified atom stereocenters. The van der Waals surface area contributed by atoms with Crippen LogP contribution >= 0.6 is 0 Å². The number of hydrogen-bond donors (Lipinski definition) is 2. The smallest absolute Gasteiger partial charge is 0.329 e. The minimum atomic E-state index is -1.22. The first kappa shape index (κ1) is 15.3. The van der Waals surface area contributed by atoms with Crippen molar-refractivity contribution in [2.45, 2.75) is 31.2 Å². The summed E-state index contributed by atoms with van der Waals surface area (Å²) < 4.78 is 1.47. The van der Waals surface area contributed by atoms with E-state index in [1.54, 1.807) is 31.3 Å². The van der Waals surface area contributed by atoms with Gasteiger partial charge in [-0.25, -0.2) is 4.79 Å². The highest BCUT2D eigenvalue weighted by molar-refractivity contribution is 6.07. The van der Waals surface area contributed by atoms with Gasteiger partial charge in [-0.15, -0.1) is 0 Å². The summed E-state index contributed by atoms with van der Waals surface area (Å²) in [6, 6.07) is 8.36. The first-order valence-corrected chi connectivity index (χ1v) is 7.59. The fraction of sp³-hybridized carbons (Fsp3) is 0.353. The van der Waals surface area contributed by atoms with E-state index in [0.29, 0.717) is 23.7 Å². The maximum atomic E-state index is 12.7. The third-order valence-corrected chi connectivity index (χ3v) is 4.62. The Morgan fingerprint density at radius 2 is 1.87 bits per heavy atom. The highest BCUT2D eigenvalue weighted by Crippen LogP contribution is 2.30. The molecule has 6 nitrogen and oxygen atoms in total. The van der Waals surface area contributed by atoms with Gasteiger partial charge in [-0.1, -0.05) is 31.0 Å². The zero-order valence-corrected chi connectivity index (χ0v) is 12.8. The number of amides is 1. The molecule has 1 aromatic heterocycles. The Morgan fingerprint density at radius 3 is 2.52 bits per heavy atom. The summed E-state index contributed by atoms with van der Waals surface area (Å²) in [6.45, 7) is 0. The lowest BCUT2D eigenvalue weighted by Crippen LogP contribution is -2.52. The van der Waals surface area contributed by atoms with Crippen molar-refractivity contribution in [2.24, 2.45) is 7.05 Å². The molecule has 0 radical (unpaired) electrons. The number of nitrogens with one attached hydrogen (secondary N) is 1. The number of hydrogen-bond acceptors (Lipinski definition) is 3. The van der Waals surface area contributed by atoms with Crippen molar-refractivity contribution in [3.05, 3.63) is 46.2 Å². The van der Waals surface area contributed by atoms with Gasteiger partial charge >= 0.3 is 5.97 Å². The van der Waals surface area contributed by atoms with Crippen molar-refractivity contribution in [1.82, 2.24) is 9.88 Å². The summed E-state index contributed by atoms with van der Waals surface area (Å²) in [5.74, 6) is -1.53. The van der Waals surface area contributed by atoms with Gasteiger partial charge in [-0.2, -0.15) is 0 Å².